The maximum atomic E-state index is 12.4. The van der Waals surface area contributed by atoms with Crippen LogP contribution in [0.15, 0.2) is 90.2 Å². The van der Waals surface area contributed by atoms with Gasteiger partial charge >= 0.3 is 0 Å². The molecule has 3 aromatic carbocycles. The second kappa shape index (κ2) is 10.4. The number of para-hydroxylation sites is 1. The number of aryl methyl sites for hydroxylation is 1. The Bertz CT molecular complexity index is 1230. The first-order valence-electron chi connectivity index (χ1n) is 10.9. The van der Waals surface area contributed by atoms with E-state index in [2.05, 4.69) is 17.5 Å². The van der Waals surface area contributed by atoms with E-state index in [1.54, 1.807) is 23.0 Å². The van der Waals surface area contributed by atoms with Crippen LogP contribution in [0.4, 0.5) is 0 Å². The number of hydrazone groups is 1. The average molecular weight is 439 g/mol. The second-order valence-electron chi connectivity index (χ2n) is 7.65. The summed E-state index contributed by atoms with van der Waals surface area (Å²) < 4.78 is 7.50. The number of nitrogens with zero attached hydrogens (tertiary/aromatic N) is 3. The molecule has 166 valence electrons. The van der Waals surface area contributed by atoms with Gasteiger partial charge in [0.2, 0.25) is 0 Å². The molecule has 0 radical (unpaired) electrons. The van der Waals surface area contributed by atoms with Gasteiger partial charge in [0.05, 0.1) is 18.5 Å². The van der Waals surface area contributed by atoms with Crippen LogP contribution < -0.4 is 10.2 Å². The molecule has 4 rings (SSSR count). The maximum Gasteiger partial charge on any atom is 0.271 e. The first-order chi connectivity index (χ1) is 16.1. The molecule has 6 heteroatoms. The Labute approximate surface area is 193 Å². The highest BCUT2D eigenvalue weighted by atomic mass is 16.5. The predicted octanol–water partition coefficient (Wildman–Crippen LogP) is 5.40. The summed E-state index contributed by atoms with van der Waals surface area (Å²) in [7, 11) is 0. The summed E-state index contributed by atoms with van der Waals surface area (Å²) in [6.45, 7) is 4.74. The van der Waals surface area contributed by atoms with E-state index in [0.717, 1.165) is 40.2 Å². The number of carbonyl (C=O) groups excluding carboxylic acids is 1. The number of aromatic nitrogens is 2. The van der Waals surface area contributed by atoms with Crippen molar-refractivity contribution in [2.24, 2.45) is 5.10 Å². The molecule has 0 spiro atoms. The minimum absolute atomic E-state index is 0.263. The molecule has 1 N–H and O–H groups in total. The molecule has 6 nitrogen and oxygen atoms in total. The molecule has 0 aliphatic rings. The minimum Gasteiger partial charge on any atom is -0.494 e. The van der Waals surface area contributed by atoms with Crippen LogP contribution in [0.25, 0.3) is 16.9 Å². The Morgan fingerprint density at radius 3 is 2.45 bits per heavy atom. The monoisotopic (exact) mass is 438 g/mol. The van der Waals surface area contributed by atoms with E-state index in [1.807, 2.05) is 79.9 Å². The highest BCUT2D eigenvalue weighted by Crippen LogP contribution is 2.25. The van der Waals surface area contributed by atoms with Gasteiger partial charge < -0.3 is 4.74 Å². The number of ether oxygens (including phenoxy) is 1. The Hall–Kier alpha value is -4.19. The van der Waals surface area contributed by atoms with Crippen molar-refractivity contribution in [1.82, 2.24) is 15.2 Å². The average Bonchev–Trinajstić information content (AvgIpc) is 3.28. The van der Waals surface area contributed by atoms with Crippen LogP contribution in [0.1, 0.15) is 34.8 Å². The minimum atomic E-state index is -0.263. The molecular weight excluding hydrogens is 412 g/mol. The summed E-state index contributed by atoms with van der Waals surface area (Å²) in [6, 6.07) is 25.0. The number of benzene rings is 3. The summed E-state index contributed by atoms with van der Waals surface area (Å²) >= 11 is 0. The van der Waals surface area contributed by atoms with E-state index in [-0.39, 0.29) is 5.91 Å². The maximum absolute atomic E-state index is 12.4. The Balaban J connectivity index is 1.60. The number of hydrogen-bond acceptors (Lipinski definition) is 4. The van der Waals surface area contributed by atoms with E-state index in [0.29, 0.717) is 12.2 Å². The lowest BCUT2D eigenvalue weighted by Crippen LogP contribution is -2.17. The molecule has 0 aliphatic carbocycles. The van der Waals surface area contributed by atoms with Crippen LogP contribution in [0.5, 0.6) is 5.75 Å². The number of carbonyl (C=O) groups is 1. The molecular formula is C27H26N4O2. The summed E-state index contributed by atoms with van der Waals surface area (Å²) in [6.07, 6.45) is 4.47. The van der Waals surface area contributed by atoms with Crippen LogP contribution in [0, 0.1) is 6.92 Å². The van der Waals surface area contributed by atoms with Crippen LogP contribution in [0.3, 0.4) is 0 Å². The van der Waals surface area contributed by atoms with Gasteiger partial charge in [-0.1, -0.05) is 42.8 Å². The van der Waals surface area contributed by atoms with E-state index in [4.69, 9.17) is 9.84 Å². The molecule has 0 fully saturated rings. The number of amides is 1. The molecule has 0 atom stereocenters. The summed E-state index contributed by atoms with van der Waals surface area (Å²) in [4.78, 5) is 12.4. The molecule has 0 unspecified atom stereocenters. The quantitative estimate of drug-likeness (QED) is 0.296. The first-order valence-corrected chi connectivity index (χ1v) is 10.9. The molecule has 33 heavy (non-hydrogen) atoms. The van der Waals surface area contributed by atoms with Crippen molar-refractivity contribution in [3.63, 3.8) is 0 Å². The fourth-order valence-electron chi connectivity index (χ4n) is 3.28. The Kier molecular flexibility index (Phi) is 6.95. The van der Waals surface area contributed by atoms with E-state index in [1.165, 1.54) is 0 Å². The van der Waals surface area contributed by atoms with Crippen LogP contribution in [0.2, 0.25) is 0 Å². The van der Waals surface area contributed by atoms with Crippen LogP contribution in [-0.2, 0) is 0 Å². The third-order valence-corrected chi connectivity index (χ3v) is 5.05. The van der Waals surface area contributed by atoms with Gasteiger partial charge in [-0.15, -0.1) is 0 Å². The summed E-state index contributed by atoms with van der Waals surface area (Å²) in [5, 5.41) is 8.97. The van der Waals surface area contributed by atoms with Crippen LogP contribution >= 0.6 is 0 Å². The molecule has 0 saturated heterocycles. The molecule has 1 heterocycles. The topological polar surface area (TPSA) is 68.5 Å². The smallest absolute Gasteiger partial charge is 0.271 e. The fraction of sp³-hybridized carbons (Fsp3) is 0.148. The zero-order chi connectivity index (χ0) is 23.0. The number of nitrogens with one attached hydrogen (secondary N) is 1. The summed E-state index contributed by atoms with van der Waals surface area (Å²) in [5.74, 6) is 0.560. The lowest BCUT2D eigenvalue weighted by atomic mass is 10.1. The third kappa shape index (κ3) is 5.54. The molecule has 1 aromatic heterocycles. The third-order valence-electron chi connectivity index (χ3n) is 5.05. The molecule has 0 saturated carbocycles. The zero-order valence-corrected chi connectivity index (χ0v) is 18.7. The largest absolute Gasteiger partial charge is 0.494 e. The van der Waals surface area contributed by atoms with Gasteiger partial charge in [0.15, 0.2) is 0 Å². The van der Waals surface area contributed by atoms with Gasteiger partial charge in [0.25, 0.3) is 5.91 Å². The highest BCUT2D eigenvalue weighted by molar-refractivity contribution is 5.95. The van der Waals surface area contributed by atoms with Gasteiger partial charge in [0.1, 0.15) is 11.4 Å². The SMILES string of the molecule is CCCOc1ccc(-c2nn(-c3ccccc3)cc2/C=N/NC(=O)c2ccc(C)cc2)cc1. The Morgan fingerprint density at radius 2 is 1.76 bits per heavy atom. The zero-order valence-electron chi connectivity index (χ0n) is 18.7. The molecule has 4 aromatic rings. The molecule has 1 amide bonds. The first kappa shape index (κ1) is 22.0. The van der Waals surface area contributed by atoms with Gasteiger partial charge in [-0.25, -0.2) is 10.1 Å². The standard InChI is InChI=1S/C27H26N4O2/c1-3-17-33-25-15-13-21(14-16-25)26-23(19-31(30-26)24-7-5-4-6-8-24)18-28-29-27(32)22-11-9-20(2)10-12-22/h4-16,18-19H,3,17H2,1-2H3,(H,29,32)/b28-18+. The van der Waals surface area contributed by atoms with Gasteiger partial charge in [-0.2, -0.15) is 10.2 Å². The van der Waals surface area contributed by atoms with Crippen LogP contribution in [-0.4, -0.2) is 28.5 Å². The van der Waals surface area contributed by atoms with Crippen molar-refractivity contribution in [3.05, 3.63) is 102 Å². The van der Waals surface area contributed by atoms with Gasteiger partial charge in [-0.05, 0) is 61.9 Å². The van der Waals surface area contributed by atoms with Crippen molar-refractivity contribution in [2.45, 2.75) is 20.3 Å². The van der Waals surface area contributed by atoms with Crippen molar-refractivity contribution in [2.75, 3.05) is 6.61 Å². The van der Waals surface area contributed by atoms with E-state index in [9.17, 15) is 4.79 Å². The number of hydrogen-bond donors (Lipinski definition) is 1. The normalized spacial score (nSPS) is 11.0. The molecule has 0 aliphatic heterocycles. The predicted molar refractivity (Wildman–Crippen MR) is 131 cm³/mol. The van der Waals surface area contributed by atoms with E-state index >= 15 is 0 Å². The van der Waals surface area contributed by atoms with Gasteiger partial charge in [0, 0.05) is 22.9 Å². The lowest BCUT2D eigenvalue weighted by molar-refractivity contribution is 0.0955. The second-order valence-corrected chi connectivity index (χ2v) is 7.65. The Morgan fingerprint density at radius 1 is 1.03 bits per heavy atom. The van der Waals surface area contributed by atoms with E-state index < -0.39 is 0 Å². The van der Waals surface area contributed by atoms with Crippen molar-refractivity contribution in [1.29, 1.82) is 0 Å². The fourth-order valence-corrected chi connectivity index (χ4v) is 3.28. The highest BCUT2D eigenvalue weighted by Gasteiger charge is 2.12. The lowest BCUT2D eigenvalue weighted by Gasteiger charge is -2.05. The summed E-state index contributed by atoms with van der Waals surface area (Å²) in [5.41, 5.74) is 7.66. The van der Waals surface area contributed by atoms with Crippen molar-refractivity contribution in [3.8, 4) is 22.7 Å². The van der Waals surface area contributed by atoms with Gasteiger partial charge in [-0.3, -0.25) is 4.79 Å². The van der Waals surface area contributed by atoms with Crippen molar-refractivity contribution >= 4 is 12.1 Å². The number of rotatable bonds is 8. The molecule has 0 bridgehead atoms. The van der Waals surface area contributed by atoms with Crippen molar-refractivity contribution < 1.29 is 9.53 Å².